The van der Waals surface area contributed by atoms with E-state index < -0.39 is 22.9 Å². The molecule has 0 radical (unpaired) electrons. The zero-order chi connectivity index (χ0) is 15.5. The molecule has 1 rings (SSSR count). The SMILES string of the molecule is CCC(C)(C)C(=O)N(Cc1cc(F)c(F)cc1F)OC. The van der Waals surface area contributed by atoms with E-state index in [2.05, 4.69) is 0 Å². The van der Waals surface area contributed by atoms with Crippen LogP contribution in [-0.4, -0.2) is 18.1 Å². The monoisotopic (exact) mass is 289 g/mol. The Morgan fingerprint density at radius 1 is 1.20 bits per heavy atom. The molecule has 0 saturated heterocycles. The van der Waals surface area contributed by atoms with Crippen LogP contribution in [0.1, 0.15) is 32.8 Å². The summed E-state index contributed by atoms with van der Waals surface area (Å²) in [5.41, 5.74) is -0.837. The van der Waals surface area contributed by atoms with Crippen molar-refractivity contribution in [3.05, 3.63) is 35.1 Å². The van der Waals surface area contributed by atoms with Gasteiger partial charge in [0, 0.05) is 17.0 Å². The van der Waals surface area contributed by atoms with Gasteiger partial charge in [0.05, 0.1) is 13.7 Å². The second-order valence-corrected chi connectivity index (χ2v) is 5.12. The first-order chi connectivity index (χ1) is 9.22. The first kappa shape index (κ1) is 16.5. The molecule has 0 aliphatic heterocycles. The summed E-state index contributed by atoms with van der Waals surface area (Å²) in [6.07, 6.45) is 0.561. The number of carbonyl (C=O) groups excluding carboxylic acids is 1. The third-order valence-corrected chi connectivity index (χ3v) is 3.31. The average Bonchev–Trinajstić information content (AvgIpc) is 2.40. The Kier molecular flexibility index (Phi) is 5.16. The van der Waals surface area contributed by atoms with Crippen LogP contribution < -0.4 is 0 Å². The topological polar surface area (TPSA) is 29.5 Å². The molecule has 0 saturated carbocycles. The van der Waals surface area contributed by atoms with Gasteiger partial charge in [0.1, 0.15) is 5.82 Å². The molecule has 0 aliphatic rings. The fraction of sp³-hybridized carbons (Fsp3) is 0.500. The maximum Gasteiger partial charge on any atom is 0.252 e. The number of carbonyl (C=O) groups is 1. The number of hydroxylamine groups is 2. The molecule has 1 aromatic rings. The van der Waals surface area contributed by atoms with Crippen molar-refractivity contribution in [1.29, 1.82) is 0 Å². The highest BCUT2D eigenvalue weighted by molar-refractivity contribution is 5.80. The van der Waals surface area contributed by atoms with Gasteiger partial charge in [-0.3, -0.25) is 9.63 Å². The Morgan fingerprint density at radius 2 is 1.75 bits per heavy atom. The number of hydrogen-bond acceptors (Lipinski definition) is 2. The number of amides is 1. The van der Waals surface area contributed by atoms with Crippen molar-refractivity contribution >= 4 is 5.91 Å². The highest BCUT2D eigenvalue weighted by Crippen LogP contribution is 2.25. The maximum atomic E-state index is 13.6. The summed E-state index contributed by atoms with van der Waals surface area (Å²) >= 11 is 0. The first-order valence-electron chi connectivity index (χ1n) is 6.22. The van der Waals surface area contributed by atoms with Crippen LogP contribution >= 0.6 is 0 Å². The first-order valence-corrected chi connectivity index (χ1v) is 6.22. The maximum absolute atomic E-state index is 13.6. The third-order valence-electron chi connectivity index (χ3n) is 3.31. The van der Waals surface area contributed by atoms with Crippen LogP contribution in [0.5, 0.6) is 0 Å². The molecule has 20 heavy (non-hydrogen) atoms. The van der Waals surface area contributed by atoms with Gasteiger partial charge in [0.15, 0.2) is 11.6 Å². The molecule has 0 N–H and O–H groups in total. The van der Waals surface area contributed by atoms with Gasteiger partial charge >= 0.3 is 0 Å². The molecule has 3 nitrogen and oxygen atoms in total. The Hall–Kier alpha value is -1.56. The lowest BCUT2D eigenvalue weighted by Crippen LogP contribution is -2.39. The average molecular weight is 289 g/mol. The van der Waals surface area contributed by atoms with Gasteiger partial charge in [-0.1, -0.05) is 20.8 Å². The van der Waals surface area contributed by atoms with E-state index in [4.69, 9.17) is 4.84 Å². The highest BCUT2D eigenvalue weighted by Gasteiger charge is 2.31. The van der Waals surface area contributed by atoms with Crippen molar-refractivity contribution in [2.24, 2.45) is 5.41 Å². The summed E-state index contributed by atoms with van der Waals surface area (Å²) in [4.78, 5) is 17.1. The van der Waals surface area contributed by atoms with E-state index in [1.165, 1.54) is 7.11 Å². The molecule has 0 atom stereocenters. The molecule has 1 amide bonds. The lowest BCUT2D eigenvalue weighted by molar-refractivity contribution is -0.189. The third kappa shape index (κ3) is 3.50. The van der Waals surface area contributed by atoms with Crippen molar-refractivity contribution in [3.63, 3.8) is 0 Å². The van der Waals surface area contributed by atoms with Gasteiger partial charge in [-0.2, -0.15) is 0 Å². The van der Waals surface area contributed by atoms with E-state index in [1.807, 2.05) is 6.92 Å². The number of benzene rings is 1. The van der Waals surface area contributed by atoms with Crippen molar-refractivity contribution in [3.8, 4) is 0 Å². The van der Waals surface area contributed by atoms with Crippen LogP contribution in [0.4, 0.5) is 13.2 Å². The molecule has 1 aromatic carbocycles. The van der Waals surface area contributed by atoms with E-state index in [9.17, 15) is 18.0 Å². The summed E-state index contributed by atoms with van der Waals surface area (Å²) in [5.74, 6) is -3.71. The Morgan fingerprint density at radius 3 is 2.25 bits per heavy atom. The lowest BCUT2D eigenvalue weighted by Gasteiger charge is -2.29. The van der Waals surface area contributed by atoms with E-state index in [-0.39, 0.29) is 18.0 Å². The quantitative estimate of drug-likeness (QED) is 0.614. The Labute approximate surface area is 116 Å². The highest BCUT2D eigenvalue weighted by atomic mass is 19.2. The smallest absolute Gasteiger partial charge is 0.252 e. The molecule has 6 heteroatoms. The second-order valence-electron chi connectivity index (χ2n) is 5.12. The number of nitrogens with zero attached hydrogens (tertiary/aromatic N) is 1. The molecule has 0 spiro atoms. The summed E-state index contributed by atoms with van der Waals surface area (Å²) in [6.45, 7) is 5.00. The lowest BCUT2D eigenvalue weighted by atomic mass is 9.89. The molecule has 0 fully saturated rings. The standard InChI is InChI=1S/C14H18F3NO2/c1-5-14(2,3)13(19)18(20-4)8-9-6-11(16)12(17)7-10(9)15/h6-7H,5,8H2,1-4H3. The molecular weight excluding hydrogens is 271 g/mol. The van der Waals surface area contributed by atoms with Gasteiger partial charge < -0.3 is 0 Å². The van der Waals surface area contributed by atoms with Crippen LogP contribution in [-0.2, 0) is 16.2 Å². The zero-order valence-electron chi connectivity index (χ0n) is 12.0. The predicted octanol–water partition coefficient (Wildman–Crippen LogP) is 3.43. The van der Waals surface area contributed by atoms with Crippen LogP contribution in [0.25, 0.3) is 0 Å². The number of hydrogen-bond donors (Lipinski definition) is 0. The summed E-state index contributed by atoms with van der Waals surface area (Å²) in [5, 5.41) is 0.944. The fourth-order valence-electron chi connectivity index (χ4n) is 1.55. The molecule has 0 heterocycles. The predicted molar refractivity (Wildman–Crippen MR) is 67.9 cm³/mol. The summed E-state index contributed by atoms with van der Waals surface area (Å²) in [6, 6.07) is 1.18. The minimum absolute atomic E-state index is 0.147. The van der Waals surface area contributed by atoms with Crippen LogP contribution in [0.3, 0.4) is 0 Å². The Balaban J connectivity index is 3.00. The van der Waals surface area contributed by atoms with E-state index in [0.29, 0.717) is 12.5 Å². The fourth-order valence-corrected chi connectivity index (χ4v) is 1.55. The minimum Gasteiger partial charge on any atom is -0.274 e. The normalized spacial score (nSPS) is 11.6. The Bertz CT molecular complexity index is 503. The number of rotatable bonds is 5. The van der Waals surface area contributed by atoms with Crippen molar-refractivity contribution in [2.45, 2.75) is 33.7 Å². The summed E-state index contributed by atoms with van der Waals surface area (Å²) in [7, 11) is 1.27. The minimum atomic E-state index is -1.27. The van der Waals surface area contributed by atoms with E-state index >= 15 is 0 Å². The van der Waals surface area contributed by atoms with Crippen LogP contribution in [0, 0.1) is 22.9 Å². The van der Waals surface area contributed by atoms with Gasteiger partial charge in [-0.05, 0) is 12.5 Å². The summed E-state index contributed by atoms with van der Waals surface area (Å²) < 4.78 is 39.6. The van der Waals surface area contributed by atoms with Gasteiger partial charge in [0.25, 0.3) is 5.91 Å². The second kappa shape index (κ2) is 6.26. The molecular formula is C14H18F3NO2. The van der Waals surface area contributed by atoms with E-state index in [1.54, 1.807) is 13.8 Å². The zero-order valence-corrected chi connectivity index (χ0v) is 12.0. The molecule has 0 unspecified atom stereocenters. The van der Waals surface area contributed by atoms with Crippen LogP contribution in [0.15, 0.2) is 12.1 Å². The molecule has 0 aromatic heterocycles. The van der Waals surface area contributed by atoms with Crippen molar-refractivity contribution < 1.29 is 22.8 Å². The van der Waals surface area contributed by atoms with Crippen molar-refractivity contribution in [2.75, 3.05) is 7.11 Å². The van der Waals surface area contributed by atoms with Crippen LogP contribution in [0.2, 0.25) is 0 Å². The molecule has 0 bridgehead atoms. The van der Waals surface area contributed by atoms with Gasteiger partial charge in [0.2, 0.25) is 0 Å². The molecule has 112 valence electrons. The number of halogens is 3. The van der Waals surface area contributed by atoms with Gasteiger partial charge in [-0.15, -0.1) is 0 Å². The van der Waals surface area contributed by atoms with E-state index in [0.717, 1.165) is 11.1 Å². The molecule has 0 aliphatic carbocycles. The largest absolute Gasteiger partial charge is 0.274 e. The van der Waals surface area contributed by atoms with Gasteiger partial charge in [-0.25, -0.2) is 18.2 Å². The van der Waals surface area contributed by atoms with Crippen molar-refractivity contribution in [1.82, 2.24) is 5.06 Å².